The van der Waals surface area contributed by atoms with Crippen molar-refractivity contribution in [3.8, 4) is 0 Å². The highest BCUT2D eigenvalue weighted by Gasteiger charge is 1.99. The Morgan fingerprint density at radius 3 is 2.92 bits per heavy atom. The van der Waals surface area contributed by atoms with Crippen LogP contribution < -0.4 is 0 Å². The minimum absolute atomic E-state index is 0.201. The molecular formula is C8H9BrO2S2. The first-order valence-corrected chi connectivity index (χ1v) is 6.48. The van der Waals surface area contributed by atoms with Crippen LogP contribution in [0.2, 0.25) is 0 Å². The van der Waals surface area contributed by atoms with Gasteiger partial charge in [-0.3, -0.25) is 4.79 Å². The summed E-state index contributed by atoms with van der Waals surface area (Å²) in [6.07, 6.45) is 0.953. The lowest BCUT2D eigenvalue weighted by molar-refractivity contribution is -0.133. The van der Waals surface area contributed by atoms with Gasteiger partial charge in [0.1, 0.15) is 0 Å². The molecule has 0 unspecified atom stereocenters. The molecule has 0 aliphatic heterocycles. The topological polar surface area (TPSA) is 37.3 Å². The van der Waals surface area contributed by atoms with Gasteiger partial charge >= 0.3 is 5.97 Å². The second-order valence-corrected chi connectivity index (χ2v) is 6.05. The highest BCUT2D eigenvalue weighted by molar-refractivity contribution is 9.11. The second-order valence-electron chi connectivity index (χ2n) is 2.40. The van der Waals surface area contributed by atoms with Gasteiger partial charge in [0, 0.05) is 4.88 Å². The number of aliphatic carboxylic acids is 1. The van der Waals surface area contributed by atoms with Crippen LogP contribution in [-0.2, 0) is 11.2 Å². The van der Waals surface area contributed by atoms with E-state index in [1.54, 1.807) is 11.3 Å². The lowest BCUT2D eigenvalue weighted by Crippen LogP contribution is -1.99. The van der Waals surface area contributed by atoms with Gasteiger partial charge in [-0.1, -0.05) is 0 Å². The van der Waals surface area contributed by atoms with Crippen molar-refractivity contribution in [1.82, 2.24) is 0 Å². The van der Waals surface area contributed by atoms with Gasteiger partial charge < -0.3 is 5.11 Å². The Kier molecular flexibility index (Phi) is 4.83. The van der Waals surface area contributed by atoms with Crippen molar-refractivity contribution in [3.63, 3.8) is 0 Å². The van der Waals surface area contributed by atoms with Crippen LogP contribution in [-0.4, -0.2) is 22.6 Å². The maximum atomic E-state index is 10.2. The molecule has 0 fully saturated rings. The number of thioether (sulfide) groups is 1. The number of carboxylic acids is 1. The number of aryl methyl sites for hydroxylation is 1. The average Bonchev–Trinajstić information content (AvgIpc) is 2.45. The predicted molar refractivity (Wildman–Crippen MR) is 60.7 cm³/mol. The summed E-state index contributed by atoms with van der Waals surface area (Å²) in [4.78, 5) is 11.5. The van der Waals surface area contributed by atoms with E-state index in [0.717, 1.165) is 16.0 Å². The van der Waals surface area contributed by atoms with Crippen molar-refractivity contribution >= 4 is 45.0 Å². The van der Waals surface area contributed by atoms with E-state index in [1.807, 2.05) is 6.07 Å². The van der Waals surface area contributed by atoms with Crippen LogP contribution in [0.1, 0.15) is 4.88 Å². The second kappa shape index (κ2) is 5.67. The summed E-state index contributed by atoms with van der Waals surface area (Å²) < 4.78 is 1.13. The summed E-state index contributed by atoms with van der Waals surface area (Å²) in [5.74, 6) is 0.337. The minimum atomic E-state index is -0.739. The van der Waals surface area contributed by atoms with Crippen LogP contribution in [0.5, 0.6) is 0 Å². The van der Waals surface area contributed by atoms with Gasteiger partial charge in [0.25, 0.3) is 0 Å². The molecule has 0 aromatic carbocycles. The maximum Gasteiger partial charge on any atom is 0.313 e. The molecule has 1 rings (SSSR count). The average molecular weight is 281 g/mol. The fourth-order valence-corrected chi connectivity index (χ4v) is 3.11. The van der Waals surface area contributed by atoms with Crippen molar-refractivity contribution < 1.29 is 9.90 Å². The fourth-order valence-electron chi connectivity index (χ4n) is 0.818. The van der Waals surface area contributed by atoms with Gasteiger partial charge in [-0.15, -0.1) is 23.1 Å². The number of hydrogen-bond acceptors (Lipinski definition) is 3. The number of rotatable bonds is 5. The summed E-state index contributed by atoms with van der Waals surface area (Å²) in [5.41, 5.74) is 0. The third kappa shape index (κ3) is 4.69. The normalized spacial score (nSPS) is 10.2. The van der Waals surface area contributed by atoms with Gasteiger partial charge in [0.05, 0.1) is 9.54 Å². The third-order valence-electron chi connectivity index (χ3n) is 1.35. The zero-order valence-corrected chi connectivity index (χ0v) is 10.0. The summed E-state index contributed by atoms with van der Waals surface area (Å²) in [6.45, 7) is 0. The van der Waals surface area contributed by atoms with E-state index in [9.17, 15) is 4.79 Å². The number of carbonyl (C=O) groups is 1. The smallest absolute Gasteiger partial charge is 0.313 e. The molecule has 5 heteroatoms. The standard InChI is InChI=1S/C8H9BrO2S2/c9-7-2-1-6(13-7)3-4-12-5-8(10)11/h1-2H,3-5H2,(H,10,11). The summed E-state index contributed by atoms with van der Waals surface area (Å²) in [7, 11) is 0. The zero-order valence-electron chi connectivity index (χ0n) is 6.83. The van der Waals surface area contributed by atoms with Crippen LogP contribution in [0.4, 0.5) is 0 Å². The highest BCUT2D eigenvalue weighted by Crippen LogP contribution is 2.23. The Morgan fingerprint density at radius 1 is 1.62 bits per heavy atom. The van der Waals surface area contributed by atoms with Crippen molar-refractivity contribution in [2.45, 2.75) is 6.42 Å². The van der Waals surface area contributed by atoms with Gasteiger partial charge in [0.15, 0.2) is 0 Å². The SMILES string of the molecule is O=C(O)CSCCc1ccc(Br)s1. The van der Waals surface area contributed by atoms with Crippen molar-refractivity contribution in [2.75, 3.05) is 11.5 Å². The van der Waals surface area contributed by atoms with Gasteiger partial charge in [-0.25, -0.2) is 0 Å². The third-order valence-corrected chi connectivity index (χ3v) is 3.97. The maximum absolute atomic E-state index is 10.2. The molecule has 72 valence electrons. The fraction of sp³-hybridized carbons (Fsp3) is 0.375. The monoisotopic (exact) mass is 280 g/mol. The Morgan fingerprint density at radius 2 is 2.38 bits per heavy atom. The van der Waals surface area contributed by atoms with E-state index in [-0.39, 0.29) is 5.75 Å². The molecule has 1 aromatic heterocycles. The van der Waals surface area contributed by atoms with Crippen molar-refractivity contribution in [1.29, 1.82) is 0 Å². The summed E-state index contributed by atoms with van der Waals surface area (Å²) in [5, 5.41) is 8.39. The molecule has 0 saturated carbocycles. The first-order valence-electron chi connectivity index (χ1n) is 3.72. The van der Waals surface area contributed by atoms with E-state index < -0.39 is 5.97 Å². The van der Waals surface area contributed by atoms with E-state index in [2.05, 4.69) is 22.0 Å². The first kappa shape index (κ1) is 11.1. The van der Waals surface area contributed by atoms with E-state index in [4.69, 9.17) is 5.11 Å². The van der Waals surface area contributed by atoms with E-state index in [1.165, 1.54) is 16.6 Å². The van der Waals surface area contributed by atoms with Gasteiger partial charge in [0.2, 0.25) is 0 Å². The molecule has 0 radical (unpaired) electrons. The van der Waals surface area contributed by atoms with Crippen LogP contribution in [0.15, 0.2) is 15.9 Å². The molecule has 0 aliphatic carbocycles. The molecule has 0 saturated heterocycles. The van der Waals surface area contributed by atoms with E-state index in [0.29, 0.717) is 0 Å². The minimum Gasteiger partial charge on any atom is -0.481 e. The molecule has 0 atom stereocenters. The Hall–Kier alpha value is -0.0000000000000000833. The first-order chi connectivity index (χ1) is 6.18. The van der Waals surface area contributed by atoms with Crippen LogP contribution >= 0.6 is 39.0 Å². The molecule has 1 heterocycles. The number of carboxylic acid groups (broad SMARTS) is 1. The molecule has 0 bridgehead atoms. The summed E-state index contributed by atoms with van der Waals surface area (Å²) >= 11 is 6.54. The van der Waals surface area contributed by atoms with E-state index >= 15 is 0 Å². The molecule has 0 amide bonds. The van der Waals surface area contributed by atoms with Crippen molar-refractivity contribution in [2.24, 2.45) is 0 Å². The zero-order chi connectivity index (χ0) is 9.68. The number of hydrogen-bond donors (Lipinski definition) is 1. The largest absolute Gasteiger partial charge is 0.481 e. The lowest BCUT2D eigenvalue weighted by Gasteiger charge is -1.95. The molecular weight excluding hydrogens is 272 g/mol. The summed E-state index contributed by atoms with van der Waals surface area (Å²) in [6, 6.07) is 4.08. The van der Waals surface area contributed by atoms with Crippen LogP contribution in [0, 0.1) is 0 Å². The number of halogens is 1. The Bertz CT molecular complexity index is 285. The number of thiophene rings is 1. The van der Waals surface area contributed by atoms with Crippen LogP contribution in [0.25, 0.3) is 0 Å². The Balaban J connectivity index is 2.16. The quantitative estimate of drug-likeness (QED) is 0.843. The molecule has 1 aromatic rings. The molecule has 13 heavy (non-hydrogen) atoms. The van der Waals surface area contributed by atoms with Crippen molar-refractivity contribution in [3.05, 3.63) is 20.8 Å². The molecule has 1 N–H and O–H groups in total. The Labute approximate surface area is 93.5 Å². The van der Waals surface area contributed by atoms with Crippen LogP contribution in [0.3, 0.4) is 0 Å². The molecule has 0 aliphatic rings. The van der Waals surface area contributed by atoms with Gasteiger partial charge in [-0.05, 0) is 40.2 Å². The highest BCUT2D eigenvalue weighted by atomic mass is 79.9. The molecule has 0 spiro atoms. The predicted octanol–water partition coefficient (Wildman–Crippen LogP) is 2.87. The lowest BCUT2D eigenvalue weighted by atomic mass is 10.4. The van der Waals surface area contributed by atoms with Gasteiger partial charge in [-0.2, -0.15) is 0 Å². The molecule has 2 nitrogen and oxygen atoms in total.